The van der Waals surface area contributed by atoms with Crippen LogP contribution in [0.5, 0.6) is 0 Å². The summed E-state index contributed by atoms with van der Waals surface area (Å²) >= 11 is 6.48. The van der Waals surface area contributed by atoms with Crippen molar-refractivity contribution in [2.24, 2.45) is 0 Å². The van der Waals surface area contributed by atoms with Crippen LogP contribution >= 0.6 is 11.6 Å². The average molecular weight is 557 g/mol. The van der Waals surface area contributed by atoms with E-state index in [1.165, 1.54) is 88.0 Å². The summed E-state index contributed by atoms with van der Waals surface area (Å²) in [6.07, 6.45) is 0. The van der Waals surface area contributed by atoms with Crippen molar-refractivity contribution in [3.05, 3.63) is 131 Å². The summed E-state index contributed by atoms with van der Waals surface area (Å²) in [6, 6.07) is 42.5. The average Bonchev–Trinajstić information content (AvgIpc) is 3.61. The van der Waals surface area contributed by atoms with Crippen molar-refractivity contribution in [1.82, 2.24) is 8.80 Å². The highest BCUT2D eigenvalue weighted by Gasteiger charge is 2.36. The van der Waals surface area contributed by atoms with Crippen molar-refractivity contribution in [2.45, 2.75) is 19.3 Å². The molecule has 0 atom stereocenters. The lowest BCUT2D eigenvalue weighted by Crippen LogP contribution is -2.15. The third kappa shape index (κ3) is 2.59. The van der Waals surface area contributed by atoms with Crippen LogP contribution in [0, 0.1) is 0 Å². The Balaban J connectivity index is 1.40. The van der Waals surface area contributed by atoms with Gasteiger partial charge in [0, 0.05) is 37.5 Å². The normalized spacial score (nSPS) is 14.3. The van der Waals surface area contributed by atoms with Crippen molar-refractivity contribution in [3.8, 4) is 22.3 Å². The van der Waals surface area contributed by atoms with E-state index in [1.54, 1.807) is 0 Å². The Hall–Kier alpha value is -4.79. The maximum atomic E-state index is 6.48. The highest BCUT2D eigenvalue weighted by Crippen LogP contribution is 2.51. The van der Waals surface area contributed by atoms with E-state index in [-0.39, 0.29) is 5.41 Å². The second-order valence-corrected chi connectivity index (χ2v) is 12.7. The number of hydrogen-bond donors (Lipinski definition) is 0. The molecule has 198 valence electrons. The molecule has 1 aliphatic carbocycles. The van der Waals surface area contributed by atoms with Crippen LogP contribution in [0.25, 0.3) is 76.9 Å². The van der Waals surface area contributed by atoms with E-state index < -0.39 is 0 Å². The first kappa shape index (κ1) is 22.8. The Labute approximate surface area is 247 Å². The minimum Gasteiger partial charge on any atom is -0.305 e. The minimum absolute atomic E-state index is 0.136. The van der Waals surface area contributed by atoms with Crippen molar-refractivity contribution in [3.63, 3.8) is 0 Å². The molecule has 10 rings (SSSR count). The van der Waals surface area contributed by atoms with Crippen LogP contribution in [-0.2, 0) is 5.41 Å². The van der Waals surface area contributed by atoms with Crippen LogP contribution in [0.3, 0.4) is 0 Å². The topological polar surface area (TPSA) is 8.82 Å². The van der Waals surface area contributed by atoms with Gasteiger partial charge < -0.3 is 8.80 Å². The molecule has 2 nitrogen and oxygen atoms in total. The second kappa shape index (κ2) is 7.53. The number of aromatic nitrogens is 2. The molecule has 1 aliphatic rings. The summed E-state index contributed by atoms with van der Waals surface area (Å²) in [5.74, 6) is 0. The third-order valence-electron chi connectivity index (χ3n) is 9.90. The van der Waals surface area contributed by atoms with Crippen LogP contribution in [-0.4, -0.2) is 8.80 Å². The van der Waals surface area contributed by atoms with Crippen molar-refractivity contribution in [1.29, 1.82) is 0 Å². The lowest BCUT2D eigenvalue weighted by atomic mass is 9.81. The van der Waals surface area contributed by atoms with Gasteiger partial charge in [0.05, 0.1) is 33.1 Å². The quantitative estimate of drug-likeness (QED) is 0.178. The molecule has 6 aromatic carbocycles. The van der Waals surface area contributed by atoms with E-state index in [4.69, 9.17) is 11.6 Å². The zero-order valence-corrected chi connectivity index (χ0v) is 24.0. The number of halogens is 1. The van der Waals surface area contributed by atoms with Gasteiger partial charge >= 0.3 is 0 Å². The van der Waals surface area contributed by atoms with E-state index in [0.717, 1.165) is 5.02 Å². The summed E-state index contributed by atoms with van der Waals surface area (Å²) in [5.41, 5.74) is 15.1. The van der Waals surface area contributed by atoms with E-state index in [2.05, 4.69) is 132 Å². The van der Waals surface area contributed by atoms with Gasteiger partial charge in [-0.3, -0.25) is 0 Å². The molecule has 42 heavy (non-hydrogen) atoms. The molecule has 3 aromatic heterocycles. The first-order valence-corrected chi connectivity index (χ1v) is 14.9. The summed E-state index contributed by atoms with van der Waals surface area (Å²) < 4.78 is 5.03. The second-order valence-electron chi connectivity index (χ2n) is 12.3. The summed E-state index contributed by atoms with van der Waals surface area (Å²) in [6.45, 7) is 4.64. The van der Waals surface area contributed by atoms with E-state index in [0.29, 0.717) is 0 Å². The Kier molecular flexibility index (Phi) is 4.10. The summed E-state index contributed by atoms with van der Waals surface area (Å²) in [4.78, 5) is 0. The highest BCUT2D eigenvalue weighted by molar-refractivity contribution is 6.31. The first-order chi connectivity index (χ1) is 20.5. The highest BCUT2D eigenvalue weighted by atomic mass is 35.5. The zero-order chi connectivity index (χ0) is 27.9. The van der Waals surface area contributed by atoms with E-state index >= 15 is 0 Å². The fraction of sp³-hybridized carbons (Fsp3) is 0.0769. The van der Waals surface area contributed by atoms with E-state index in [9.17, 15) is 0 Å². The van der Waals surface area contributed by atoms with Crippen LogP contribution in [0.4, 0.5) is 0 Å². The molecule has 0 saturated carbocycles. The maximum absolute atomic E-state index is 6.48. The van der Waals surface area contributed by atoms with Crippen LogP contribution in [0.2, 0.25) is 5.02 Å². The molecule has 0 radical (unpaired) electrons. The lowest BCUT2D eigenvalue weighted by molar-refractivity contribution is 0.660. The van der Waals surface area contributed by atoms with Crippen LogP contribution in [0.15, 0.2) is 115 Å². The van der Waals surface area contributed by atoms with Crippen molar-refractivity contribution in [2.75, 3.05) is 0 Å². The Bertz CT molecular complexity index is 2610. The summed E-state index contributed by atoms with van der Waals surface area (Å²) in [7, 11) is 0. The monoisotopic (exact) mass is 556 g/mol. The fourth-order valence-electron chi connectivity index (χ4n) is 8.04. The van der Waals surface area contributed by atoms with Gasteiger partial charge in [-0.15, -0.1) is 0 Å². The molecule has 0 N–H and O–H groups in total. The molecule has 3 heterocycles. The van der Waals surface area contributed by atoms with Crippen molar-refractivity contribution < 1.29 is 0 Å². The van der Waals surface area contributed by atoms with Gasteiger partial charge in [-0.25, -0.2) is 0 Å². The molecule has 0 spiro atoms. The van der Waals surface area contributed by atoms with Gasteiger partial charge in [0.1, 0.15) is 0 Å². The minimum atomic E-state index is -0.136. The number of para-hydroxylation sites is 3. The Morgan fingerprint density at radius 3 is 1.81 bits per heavy atom. The predicted molar refractivity (Wildman–Crippen MR) is 178 cm³/mol. The van der Waals surface area contributed by atoms with Gasteiger partial charge in [0.2, 0.25) is 0 Å². The SMILES string of the molecule is CC1(C)c2cc(Cl)ccc2-c2ccc(-c3cccc4c3n3c5ccccc5c5ccc6c7ccccc7n4c6c53)cc21. The molecule has 3 heteroatoms. The molecule has 0 bridgehead atoms. The van der Waals surface area contributed by atoms with Gasteiger partial charge in [0.25, 0.3) is 0 Å². The molecule has 9 aromatic rings. The largest absolute Gasteiger partial charge is 0.305 e. The predicted octanol–water partition coefficient (Wildman–Crippen LogP) is 10.9. The van der Waals surface area contributed by atoms with E-state index in [1.807, 2.05) is 6.07 Å². The number of benzene rings is 6. The number of rotatable bonds is 1. The fourth-order valence-corrected chi connectivity index (χ4v) is 8.21. The summed E-state index contributed by atoms with van der Waals surface area (Å²) in [5, 5.41) is 5.97. The molecule has 0 unspecified atom stereocenters. The molecule has 0 amide bonds. The molecular weight excluding hydrogens is 532 g/mol. The van der Waals surface area contributed by atoms with Gasteiger partial charge in [-0.1, -0.05) is 104 Å². The number of hydrogen-bond acceptors (Lipinski definition) is 0. The number of fused-ring (bicyclic) bond motifs is 12. The standard InChI is InChI=1S/C39H25ClN2/c1-39(2)31-20-22(14-16-25(31)26-17-15-23(40)21-32(26)39)24-10-7-13-35-36(24)42-34-12-6-4-9-28(34)30-19-18-29-27-8-3-5-11-33(27)41(35)37(29)38(30)42/h3-21H,1-2H3. The molecule has 0 aliphatic heterocycles. The van der Waals surface area contributed by atoms with Gasteiger partial charge in [-0.2, -0.15) is 0 Å². The van der Waals surface area contributed by atoms with Crippen molar-refractivity contribution >= 4 is 66.2 Å². The zero-order valence-electron chi connectivity index (χ0n) is 23.2. The smallest absolute Gasteiger partial charge is 0.0789 e. The van der Waals surface area contributed by atoms with Crippen LogP contribution in [0.1, 0.15) is 25.0 Å². The number of nitrogens with zero attached hydrogens (tertiary/aromatic N) is 2. The lowest BCUT2D eigenvalue weighted by Gasteiger charge is -2.22. The molecule has 0 fully saturated rings. The maximum Gasteiger partial charge on any atom is 0.0789 e. The van der Waals surface area contributed by atoms with Crippen LogP contribution < -0.4 is 0 Å². The first-order valence-electron chi connectivity index (χ1n) is 14.6. The van der Waals surface area contributed by atoms with Gasteiger partial charge in [0.15, 0.2) is 0 Å². The Morgan fingerprint density at radius 2 is 1.07 bits per heavy atom. The van der Waals surface area contributed by atoms with Gasteiger partial charge in [-0.05, 0) is 64.2 Å². The third-order valence-corrected chi connectivity index (χ3v) is 10.1. The molecular formula is C39H25ClN2. The Morgan fingerprint density at radius 1 is 0.476 bits per heavy atom. The molecule has 0 saturated heterocycles.